The van der Waals surface area contributed by atoms with Crippen molar-refractivity contribution in [3.05, 3.63) is 42.2 Å². The van der Waals surface area contributed by atoms with Crippen LogP contribution in [0.25, 0.3) is 11.0 Å². The molecule has 5 atom stereocenters. The van der Waals surface area contributed by atoms with Gasteiger partial charge in [0.25, 0.3) is 0 Å². The average molecular weight is 392 g/mol. The Morgan fingerprint density at radius 1 is 1.17 bits per heavy atom. The summed E-state index contributed by atoms with van der Waals surface area (Å²) in [5.74, 6) is -0.235. The maximum Gasteiger partial charge on any atom is 0.240 e. The molecule has 2 heterocycles. The summed E-state index contributed by atoms with van der Waals surface area (Å²) in [6.07, 6.45) is 4.99. The first-order valence-electron chi connectivity index (χ1n) is 10.2. The van der Waals surface area contributed by atoms with E-state index >= 15 is 0 Å². The third kappa shape index (κ3) is 2.79. The molecule has 1 aromatic carbocycles. The summed E-state index contributed by atoms with van der Waals surface area (Å²) in [4.78, 5) is 47.4. The Labute approximate surface area is 168 Å². The van der Waals surface area contributed by atoms with Crippen molar-refractivity contribution >= 4 is 28.8 Å². The number of imidazole rings is 1. The van der Waals surface area contributed by atoms with Crippen molar-refractivity contribution in [1.82, 2.24) is 20.2 Å². The number of fused-ring (bicyclic) bond motifs is 6. The van der Waals surface area contributed by atoms with Crippen LogP contribution in [0.3, 0.4) is 0 Å². The van der Waals surface area contributed by atoms with E-state index in [4.69, 9.17) is 0 Å². The second kappa shape index (κ2) is 6.54. The topological polar surface area (TPSA) is 95.2 Å². The van der Waals surface area contributed by atoms with Gasteiger partial charge in [-0.25, -0.2) is 4.98 Å². The minimum atomic E-state index is -0.342. The van der Waals surface area contributed by atoms with Crippen molar-refractivity contribution in [2.24, 2.45) is 29.6 Å². The predicted octanol–water partition coefficient (Wildman–Crippen LogP) is 2.18. The van der Waals surface area contributed by atoms with Gasteiger partial charge in [0.2, 0.25) is 17.7 Å². The van der Waals surface area contributed by atoms with Crippen LogP contribution in [-0.4, -0.2) is 39.1 Å². The number of hydrogen-bond acceptors (Lipinski definition) is 4. The lowest BCUT2D eigenvalue weighted by atomic mass is 9.85. The molecule has 1 saturated heterocycles. The number of hydrogen-bond donors (Lipinski definition) is 2. The number of nitrogens with one attached hydrogen (secondary N) is 2. The summed E-state index contributed by atoms with van der Waals surface area (Å²) in [5, 5.41) is 2.97. The van der Waals surface area contributed by atoms with Gasteiger partial charge in [-0.2, -0.15) is 0 Å². The van der Waals surface area contributed by atoms with Crippen LogP contribution >= 0.6 is 0 Å². The SMILES string of the molecule is CC(C)[C@H](NC(=O)CN1C(=O)[C@@H]2[C@H](C1=O)[C@H]1C=C[C@H]2C1)c1nc2ccccc2[nH]1. The smallest absolute Gasteiger partial charge is 0.240 e. The number of aromatic amines is 1. The lowest BCUT2D eigenvalue weighted by Crippen LogP contribution is -2.43. The van der Waals surface area contributed by atoms with Crippen LogP contribution in [0.1, 0.15) is 32.1 Å². The molecule has 0 unspecified atom stereocenters. The number of amides is 3. The highest BCUT2D eigenvalue weighted by atomic mass is 16.2. The summed E-state index contributed by atoms with van der Waals surface area (Å²) < 4.78 is 0. The lowest BCUT2D eigenvalue weighted by molar-refractivity contribution is -0.144. The Morgan fingerprint density at radius 3 is 2.45 bits per heavy atom. The van der Waals surface area contributed by atoms with E-state index in [-0.39, 0.29) is 59.9 Å². The molecule has 2 aromatic rings. The van der Waals surface area contributed by atoms with E-state index in [0.29, 0.717) is 5.82 Å². The highest BCUT2D eigenvalue weighted by Gasteiger charge is 2.59. The fourth-order valence-corrected chi connectivity index (χ4v) is 5.15. The van der Waals surface area contributed by atoms with Gasteiger partial charge in [0.1, 0.15) is 12.4 Å². The van der Waals surface area contributed by atoms with Crippen LogP contribution in [0, 0.1) is 29.6 Å². The highest BCUT2D eigenvalue weighted by Crippen LogP contribution is 2.52. The number of H-pyrrole nitrogens is 1. The first-order chi connectivity index (χ1) is 13.9. The van der Waals surface area contributed by atoms with Crippen molar-refractivity contribution in [1.29, 1.82) is 0 Å². The Balaban J connectivity index is 1.31. The number of imide groups is 1. The maximum atomic E-state index is 12.8. The Kier molecular flexibility index (Phi) is 4.08. The zero-order chi connectivity index (χ0) is 20.3. The number of benzene rings is 1. The number of rotatable bonds is 5. The molecule has 3 amide bonds. The van der Waals surface area contributed by atoms with Gasteiger partial charge in [0.15, 0.2) is 0 Å². The molecule has 2 fully saturated rings. The van der Waals surface area contributed by atoms with Crippen LogP contribution in [0.5, 0.6) is 0 Å². The van der Waals surface area contributed by atoms with Gasteiger partial charge in [-0.1, -0.05) is 38.1 Å². The molecule has 7 nitrogen and oxygen atoms in total. The number of nitrogens with zero attached hydrogens (tertiary/aromatic N) is 2. The maximum absolute atomic E-state index is 12.8. The van der Waals surface area contributed by atoms with E-state index in [1.807, 2.05) is 38.1 Å². The average Bonchev–Trinajstić information content (AvgIpc) is 3.45. The molecule has 2 N–H and O–H groups in total. The molecule has 2 bridgehead atoms. The van der Waals surface area contributed by atoms with Gasteiger partial charge in [0.05, 0.1) is 28.9 Å². The molecule has 1 saturated carbocycles. The Hall–Kier alpha value is -2.96. The largest absolute Gasteiger partial charge is 0.344 e. The van der Waals surface area contributed by atoms with Crippen molar-refractivity contribution in [3.8, 4) is 0 Å². The van der Waals surface area contributed by atoms with Gasteiger partial charge in [-0.15, -0.1) is 0 Å². The molecule has 0 spiro atoms. The van der Waals surface area contributed by atoms with Crippen molar-refractivity contribution in [3.63, 3.8) is 0 Å². The van der Waals surface area contributed by atoms with Crippen LogP contribution in [0.15, 0.2) is 36.4 Å². The minimum Gasteiger partial charge on any atom is -0.344 e. The van der Waals surface area contributed by atoms with Crippen molar-refractivity contribution in [2.75, 3.05) is 6.54 Å². The summed E-state index contributed by atoms with van der Waals surface area (Å²) >= 11 is 0. The fraction of sp³-hybridized carbons (Fsp3) is 0.455. The van der Waals surface area contributed by atoms with Crippen LogP contribution in [-0.2, 0) is 14.4 Å². The molecular formula is C22H24N4O3. The standard InChI is InChI=1S/C22H24N4O3/c1-11(2)19(20-23-14-5-3-4-6-15(14)24-20)25-16(27)10-26-21(28)17-12-7-8-13(9-12)18(17)22(26)29/h3-8,11-13,17-19H,9-10H2,1-2H3,(H,23,24)(H,25,27)/t12-,13-,17-,18+,19-/m0/s1. The van der Waals surface area contributed by atoms with Crippen LogP contribution in [0.2, 0.25) is 0 Å². The van der Waals surface area contributed by atoms with E-state index in [9.17, 15) is 14.4 Å². The van der Waals surface area contributed by atoms with Gasteiger partial charge >= 0.3 is 0 Å². The van der Waals surface area contributed by atoms with Gasteiger partial charge in [-0.3, -0.25) is 19.3 Å². The summed E-state index contributed by atoms with van der Waals surface area (Å²) in [6.45, 7) is 3.77. The number of carbonyl (C=O) groups is 3. The highest BCUT2D eigenvalue weighted by molar-refractivity contribution is 6.08. The van der Waals surface area contributed by atoms with E-state index in [1.54, 1.807) is 0 Å². The second-order valence-corrected chi connectivity index (χ2v) is 8.69. The zero-order valence-corrected chi connectivity index (χ0v) is 16.5. The molecule has 7 heteroatoms. The summed E-state index contributed by atoms with van der Waals surface area (Å²) in [7, 11) is 0. The first-order valence-corrected chi connectivity index (χ1v) is 10.2. The Morgan fingerprint density at radius 2 is 1.83 bits per heavy atom. The molecule has 1 aliphatic heterocycles. The monoisotopic (exact) mass is 392 g/mol. The van der Waals surface area contributed by atoms with Gasteiger partial charge < -0.3 is 10.3 Å². The number of carbonyl (C=O) groups excluding carboxylic acids is 3. The molecule has 2 aliphatic carbocycles. The molecular weight excluding hydrogens is 368 g/mol. The molecule has 29 heavy (non-hydrogen) atoms. The van der Waals surface area contributed by atoms with Crippen molar-refractivity contribution in [2.45, 2.75) is 26.3 Å². The summed E-state index contributed by atoms with van der Waals surface area (Å²) in [6, 6.07) is 7.36. The molecule has 1 aromatic heterocycles. The molecule has 150 valence electrons. The molecule has 0 radical (unpaired) electrons. The number of likely N-dealkylation sites (tertiary alicyclic amines) is 1. The third-order valence-electron chi connectivity index (χ3n) is 6.55. The van der Waals surface area contributed by atoms with Crippen LogP contribution < -0.4 is 5.32 Å². The van der Waals surface area contributed by atoms with Crippen LogP contribution in [0.4, 0.5) is 0 Å². The Bertz CT molecular complexity index is 977. The fourth-order valence-electron chi connectivity index (χ4n) is 5.15. The second-order valence-electron chi connectivity index (χ2n) is 8.69. The van der Waals surface area contributed by atoms with Gasteiger partial charge in [-0.05, 0) is 36.3 Å². The number of para-hydroxylation sites is 2. The minimum absolute atomic E-state index is 0.0870. The van der Waals surface area contributed by atoms with E-state index in [2.05, 4.69) is 27.4 Å². The number of allylic oxidation sites excluding steroid dienone is 2. The number of aromatic nitrogens is 2. The predicted molar refractivity (Wildman–Crippen MR) is 106 cm³/mol. The molecule has 5 rings (SSSR count). The first kappa shape index (κ1) is 18.1. The van der Waals surface area contributed by atoms with Crippen molar-refractivity contribution < 1.29 is 14.4 Å². The summed E-state index contributed by atoms with van der Waals surface area (Å²) in [5.41, 5.74) is 1.74. The van der Waals surface area contributed by atoms with Gasteiger partial charge in [0, 0.05) is 0 Å². The zero-order valence-electron chi connectivity index (χ0n) is 16.5. The molecule has 3 aliphatic rings. The third-order valence-corrected chi connectivity index (χ3v) is 6.55. The lowest BCUT2D eigenvalue weighted by Gasteiger charge is -2.22. The van der Waals surface area contributed by atoms with E-state index in [1.165, 1.54) is 0 Å². The van der Waals surface area contributed by atoms with E-state index < -0.39 is 0 Å². The normalized spacial score (nSPS) is 28.6. The van der Waals surface area contributed by atoms with E-state index in [0.717, 1.165) is 22.4 Å². The quantitative estimate of drug-likeness (QED) is 0.602.